The van der Waals surface area contributed by atoms with Crippen LogP contribution < -0.4 is 4.43 Å². The second-order valence-corrected chi connectivity index (χ2v) is 7.81. The van der Waals surface area contributed by atoms with E-state index in [9.17, 15) is 0 Å². The van der Waals surface area contributed by atoms with Crippen LogP contribution in [0.25, 0.3) is 0 Å². The van der Waals surface area contributed by atoms with Gasteiger partial charge in [-0.3, -0.25) is 0 Å². The van der Waals surface area contributed by atoms with E-state index in [1.54, 1.807) is 14.2 Å². The third-order valence-corrected chi connectivity index (χ3v) is 6.91. The van der Waals surface area contributed by atoms with Crippen LogP contribution in [0.1, 0.15) is 32.1 Å². The Morgan fingerprint density at radius 2 is 1.56 bits per heavy atom. The van der Waals surface area contributed by atoms with Gasteiger partial charge in [-0.25, -0.2) is 0 Å². The molecule has 1 aromatic carbocycles. The van der Waals surface area contributed by atoms with Crippen LogP contribution in [0.5, 0.6) is 5.75 Å². The van der Waals surface area contributed by atoms with E-state index in [0.29, 0.717) is 5.54 Å². The monoisotopic (exact) mass is 266 g/mol. The molecule has 1 aliphatic carbocycles. The standard InChI is InChI=1S/C14H22O3Si/c1-15-18(16-2,14-11-7-4-8-12-14)17-13-9-5-3-6-10-13/h3,5-6,9-10,14H,4,7-8,11-12H2,1-2H3. The van der Waals surface area contributed by atoms with Crippen molar-refractivity contribution in [3.8, 4) is 5.75 Å². The van der Waals surface area contributed by atoms with Crippen LogP contribution in [0.15, 0.2) is 30.3 Å². The molecular weight excluding hydrogens is 244 g/mol. The number of hydrogen-bond donors (Lipinski definition) is 0. The number of hydrogen-bond acceptors (Lipinski definition) is 3. The van der Waals surface area contributed by atoms with E-state index in [1.165, 1.54) is 19.3 Å². The fourth-order valence-electron chi connectivity index (χ4n) is 2.69. The normalized spacial score (nSPS) is 17.7. The van der Waals surface area contributed by atoms with Gasteiger partial charge < -0.3 is 13.3 Å². The van der Waals surface area contributed by atoms with Gasteiger partial charge in [0.05, 0.1) is 0 Å². The van der Waals surface area contributed by atoms with Crippen LogP contribution in [-0.2, 0) is 8.85 Å². The van der Waals surface area contributed by atoms with Crippen LogP contribution in [0.2, 0.25) is 5.54 Å². The van der Waals surface area contributed by atoms with Crippen molar-refractivity contribution in [2.45, 2.75) is 37.6 Å². The molecule has 1 saturated carbocycles. The topological polar surface area (TPSA) is 27.7 Å². The van der Waals surface area contributed by atoms with Crippen molar-refractivity contribution < 1.29 is 13.3 Å². The van der Waals surface area contributed by atoms with Crippen LogP contribution in [0, 0.1) is 0 Å². The molecule has 0 radical (unpaired) electrons. The van der Waals surface area contributed by atoms with Gasteiger partial charge in [-0.2, -0.15) is 0 Å². The molecule has 0 saturated heterocycles. The highest BCUT2D eigenvalue weighted by atomic mass is 28.4. The maximum Gasteiger partial charge on any atom is 0.568 e. The molecule has 0 atom stereocenters. The summed E-state index contributed by atoms with van der Waals surface area (Å²) in [5.74, 6) is 0.846. The summed E-state index contributed by atoms with van der Waals surface area (Å²) < 4.78 is 17.6. The van der Waals surface area contributed by atoms with Crippen molar-refractivity contribution >= 4 is 8.80 Å². The quantitative estimate of drug-likeness (QED) is 0.762. The first-order valence-electron chi connectivity index (χ1n) is 6.65. The van der Waals surface area contributed by atoms with Crippen molar-refractivity contribution in [1.82, 2.24) is 0 Å². The number of rotatable bonds is 5. The van der Waals surface area contributed by atoms with Crippen LogP contribution in [0.3, 0.4) is 0 Å². The van der Waals surface area contributed by atoms with E-state index in [2.05, 4.69) is 0 Å². The first kappa shape index (κ1) is 13.6. The first-order chi connectivity index (χ1) is 8.80. The van der Waals surface area contributed by atoms with Crippen molar-refractivity contribution in [3.63, 3.8) is 0 Å². The minimum Gasteiger partial charge on any atom is -0.501 e. The summed E-state index contributed by atoms with van der Waals surface area (Å²) in [6, 6.07) is 9.85. The van der Waals surface area contributed by atoms with Crippen molar-refractivity contribution in [2.24, 2.45) is 0 Å². The maximum absolute atomic E-state index is 6.13. The largest absolute Gasteiger partial charge is 0.568 e. The lowest BCUT2D eigenvalue weighted by molar-refractivity contribution is 0.139. The Labute approximate surface area is 110 Å². The zero-order valence-corrected chi connectivity index (χ0v) is 12.2. The molecule has 0 spiro atoms. The van der Waals surface area contributed by atoms with Crippen molar-refractivity contribution in [1.29, 1.82) is 0 Å². The fourth-order valence-corrected chi connectivity index (χ4v) is 5.44. The average molecular weight is 266 g/mol. The van der Waals surface area contributed by atoms with Gasteiger partial charge in [0.15, 0.2) is 0 Å². The van der Waals surface area contributed by atoms with Gasteiger partial charge in [-0.05, 0) is 25.0 Å². The summed E-state index contributed by atoms with van der Waals surface area (Å²) in [5, 5.41) is 0. The second-order valence-electron chi connectivity index (χ2n) is 4.76. The lowest BCUT2D eigenvalue weighted by Crippen LogP contribution is -2.52. The van der Waals surface area contributed by atoms with Crippen molar-refractivity contribution in [2.75, 3.05) is 14.2 Å². The molecule has 1 aromatic rings. The zero-order valence-electron chi connectivity index (χ0n) is 11.2. The van der Waals surface area contributed by atoms with Gasteiger partial charge in [0.1, 0.15) is 5.75 Å². The molecule has 3 nitrogen and oxygen atoms in total. The first-order valence-corrected chi connectivity index (χ1v) is 8.45. The van der Waals surface area contributed by atoms with Gasteiger partial charge in [-0.15, -0.1) is 0 Å². The zero-order chi connectivity index (χ0) is 12.8. The maximum atomic E-state index is 6.13. The minimum absolute atomic E-state index is 0.432. The summed E-state index contributed by atoms with van der Waals surface area (Å²) in [6.07, 6.45) is 6.13. The lowest BCUT2D eigenvalue weighted by Gasteiger charge is -2.35. The summed E-state index contributed by atoms with van der Waals surface area (Å²) in [5.41, 5.74) is 0.432. The van der Waals surface area contributed by atoms with Gasteiger partial charge in [0.25, 0.3) is 0 Å². The summed E-state index contributed by atoms with van der Waals surface area (Å²) >= 11 is 0. The fraction of sp³-hybridized carbons (Fsp3) is 0.571. The Balaban J connectivity index is 2.14. The molecule has 1 fully saturated rings. The van der Waals surface area contributed by atoms with E-state index in [0.717, 1.165) is 18.6 Å². The van der Waals surface area contributed by atoms with Gasteiger partial charge in [-0.1, -0.05) is 37.5 Å². The molecule has 0 amide bonds. The minimum atomic E-state index is -2.58. The smallest absolute Gasteiger partial charge is 0.501 e. The molecule has 0 aliphatic heterocycles. The van der Waals surface area contributed by atoms with Gasteiger partial charge in [0.2, 0.25) is 0 Å². The highest BCUT2D eigenvalue weighted by Gasteiger charge is 2.50. The summed E-state index contributed by atoms with van der Waals surface area (Å²) in [4.78, 5) is 0. The Kier molecular flexibility index (Phi) is 4.80. The Hall–Kier alpha value is -0.843. The average Bonchev–Trinajstić information content (AvgIpc) is 2.47. The van der Waals surface area contributed by atoms with Gasteiger partial charge in [0, 0.05) is 19.8 Å². The third-order valence-electron chi connectivity index (χ3n) is 3.68. The molecule has 0 heterocycles. The van der Waals surface area contributed by atoms with Crippen LogP contribution in [-0.4, -0.2) is 23.0 Å². The Morgan fingerprint density at radius 3 is 2.11 bits per heavy atom. The molecule has 4 heteroatoms. The molecule has 100 valence electrons. The number of para-hydroxylation sites is 1. The molecule has 1 aliphatic rings. The van der Waals surface area contributed by atoms with Crippen molar-refractivity contribution in [3.05, 3.63) is 30.3 Å². The van der Waals surface area contributed by atoms with E-state index in [4.69, 9.17) is 13.3 Å². The van der Waals surface area contributed by atoms with Gasteiger partial charge >= 0.3 is 8.80 Å². The summed E-state index contributed by atoms with van der Waals surface area (Å²) in [6.45, 7) is 0. The van der Waals surface area contributed by atoms with E-state index in [1.807, 2.05) is 30.3 Å². The predicted molar refractivity (Wildman–Crippen MR) is 73.7 cm³/mol. The molecule has 0 unspecified atom stereocenters. The Bertz CT molecular complexity index is 345. The molecular formula is C14H22O3Si. The van der Waals surface area contributed by atoms with E-state index >= 15 is 0 Å². The highest BCUT2D eigenvalue weighted by molar-refractivity contribution is 6.63. The second kappa shape index (κ2) is 6.36. The van der Waals surface area contributed by atoms with Crippen LogP contribution >= 0.6 is 0 Å². The SMILES string of the molecule is CO[Si](OC)(Oc1ccccc1)C1CCCCC1. The summed E-state index contributed by atoms with van der Waals surface area (Å²) in [7, 11) is 0.848. The Morgan fingerprint density at radius 1 is 0.944 bits per heavy atom. The third kappa shape index (κ3) is 2.94. The van der Waals surface area contributed by atoms with E-state index < -0.39 is 8.80 Å². The highest BCUT2D eigenvalue weighted by Crippen LogP contribution is 2.38. The lowest BCUT2D eigenvalue weighted by atomic mass is 10.0. The predicted octanol–water partition coefficient (Wildman–Crippen LogP) is 3.63. The number of benzene rings is 1. The van der Waals surface area contributed by atoms with E-state index in [-0.39, 0.29) is 0 Å². The molecule has 0 aromatic heterocycles. The van der Waals surface area contributed by atoms with Crippen LogP contribution in [0.4, 0.5) is 0 Å². The molecule has 2 rings (SSSR count). The molecule has 18 heavy (non-hydrogen) atoms. The molecule has 0 N–H and O–H groups in total. The molecule has 0 bridgehead atoms.